The summed E-state index contributed by atoms with van der Waals surface area (Å²) in [6.07, 6.45) is 2.04. The highest BCUT2D eigenvalue weighted by molar-refractivity contribution is 5.77. The van der Waals surface area contributed by atoms with E-state index in [1.165, 1.54) is 7.11 Å². The van der Waals surface area contributed by atoms with E-state index in [2.05, 4.69) is 0 Å². The molecule has 0 saturated carbocycles. The van der Waals surface area contributed by atoms with Crippen molar-refractivity contribution in [2.24, 2.45) is 5.73 Å². The molecule has 4 nitrogen and oxygen atoms in total. The Morgan fingerprint density at radius 1 is 1.75 bits per heavy atom. The summed E-state index contributed by atoms with van der Waals surface area (Å²) in [6.45, 7) is 1.69. The largest absolute Gasteiger partial charge is 0.375 e. The monoisotopic (exact) mass is 172 g/mol. The van der Waals surface area contributed by atoms with Crippen LogP contribution >= 0.6 is 0 Å². The Bertz CT molecular complexity index is 161. The molecule has 1 amide bonds. The number of methoxy groups -OCH3 is 1. The number of likely N-dealkylation sites (tertiary alicyclic amines) is 1. The predicted octanol–water partition coefficient (Wildman–Crippen LogP) is -0.417. The molecule has 0 unspecified atom stereocenters. The van der Waals surface area contributed by atoms with Crippen molar-refractivity contribution in [3.8, 4) is 0 Å². The molecule has 1 heterocycles. The number of piperidine rings is 1. The van der Waals surface area contributed by atoms with Gasteiger partial charge in [0, 0.05) is 26.2 Å². The minimum absolute atomic E-state index is 0.0488. The second kappa shape index (κ2) is 4.42. The van der Waals surface area contributed by atoms with Gasteiger partial charge >= 0.3 is 0 Å². The van der Waals surface area contributed by atoms with E-state index in [1.54, 1.807) is 4.90 Å². The lowest BCUT2D eigenvalue weighted by molar-refractivity contribution is -0.136. The highest BCUT2D eigenvalue weighted by Gasteiger charge is 2.20. The fourth-order valence-electron chi connectivity index (χ4n) is 1.45. The number of ether oxygens (including phenoxy) is 1. The van der Waals surface area contributed by atoms with Crippen LogP contribution in [0.2, 0.25) is 0 Å². The van der Waals surface area contributed by atoms with Crippen LogP contribution in [0.1, 0.15) is 12.8 Å². The minimum atomic E-state index is 0.0488. The maximum Gasteiger partial charge on any atom is 0.248 e. The van der Waals surface area contributed by atoms with Crippen molar-refractivity contribution >= 4 is 5.91 Å². The molecule has 12 heavy (non-hydrogen) atoms. The number of carbonyl (C=O) groups is 1. The van der Waals surface area contributed by atoms with Crippen LogP contribution in [-0.4, -0.2) is 43.7 Å². The van der Waals surface area contributed by atoms with Crippen LogP contribution in [0.15, 0.2) is 0 Å². The summed E-state index contributed by atoms with van der Waals surface area (Å²) in [5, 5.41) is 0. The molecule has 0 bridgehead atoms. The molecular formula is C8H16N2O2. The maximum absolute atomic E-state index is 11.3. The Morgan fingerprint density at radius 2 is 2.50 bits per heavy atom. The number of carbonyl (C=O) groups excluding carboxylic acids is 1. The molecule has 0 aliphatic carbocycles. The van der Waals surface area contributed by atoms with Gasteiger partial charge in [0.15, 0.2) is 0 Å². The van der Waals surface area contributed by atoms with Crippen LogP contribution < -0.4 is 5.73 Å². The van der Waals surface area contributed by atoms with Gasteiger partial charge in [0.2, 0.25) is 5.91 Å². The molecule has 0 radical (unpaired) electrons. The van der Waals surface area contributed by atoms with Crippen LogP contribution in [-0.2, 0) is 9.53 Å². The normalized spacial score (nSPS) is 24.2. The highest BCUT2D eigenvalue weighted by Crippen LogP contribution is 2.07. The minimum Gasteiger partial charge on any atom is -0.375 e. The smallest absolute Gasteiger partial charge is 0.248 e. The van der Waals surface area contributed by atoms with Crippen molar-refractivity contribution in [2.45, 2.75) is 18.9 Å². The summed E-state index contributed by atoms with van der Waals surface area (Å²) in [6, 6.07) is 0.152. The van der Waals surface area contributed by atoms with E-state index >= 15 is 0 Å². The Balaban J connectivity index is 2.35. The number of rotatable bonds is 2. The average Bonchev–Trinajstić information content (AvgIpc) is 2.05. The number of hydrogen-bond donors (Lipinski definition) is 1. The fraction of sp³-hybridized carbons (Fsp3) is 0.875. The van der Waals surface area contributed by atoms with Crippen molar-refractivity contribution in [2.75, 3.05) is 26.8 Å². The molecule has 1 atom stereocenters. The average molecular weight is 172 g/mol. The lowest BCUT2D eigenvalue weighted by Gasteiger charge is -2.30. The zero-order valence-electron chi connectivity index (χ0n) is 7.45. The summed E-state index contributed by atoms with van der Waals surface area (Å²) < 4.78 is 4.76. The summed E-state index contributed by atoms with van der Waals surface area (Å²) in [5.41, 5.74) is 5.72. The molecule has 2 N–H and O–H groups in total. The van der Waals surface area contributed by atoms with Crippen molar-refractivity contribution in [3.63, 3.8) is 0 Å². The lowest BCUT2D eigenvalue weighted by atomic mass is 10.1. The summed E-state index contributed by atoms with van der Waals surface area (Å²) in [7, 11) is 1.53. The van der Waals surface area contributed by atoms with E-state index in [1.807, 2.05) is 0 Å². The van der Waals surface area contributed by atoms with Gasteiger partial charge in [0.25, 0.3) is 0 Å². The van der Waals surface area contributed by atoms with Gasteiger partial charge in [-0.3, -0.25) is 4.79 Å². The molecule has 1 fully saturated rings. The van der Waals surface area contributed by atoms with Crippen molar-refractivity contribution in [3.05, 3.63) is 0 Å². The molecule has 4 heteroatoms. The van der Waals surface area contributed by atoms with Gasteiger partial charge in [-0.15, -0.1) is 0 Å². The van der Waals surface area contributed by atoms with E-state index in [-0.39, 0.29) is 18.6 Å². The van der Waals surface area contributed by atoms with Crippen LogP contribution in [0.4, 0.5) is 0 Å². The maximum atomic E-state index is 11.3. The molecule has 0 aromatic heterocycles. The predicted molar refractivity (Wildman–Crippen MR) is 45.7 cm³/mol. The van der Waals surface area contributed by atoms with Crippen LogP contribution in [0.5, 0.6) is 0 Å². The van der Waals surface area contributed by atoms with Crippen molar-refractivity contribution in [1.29, 1.82) is 0 Å². The Morgan fingerprint density at radius 3 is 3.08 bits per heavy atom. The van der Waals surface area contributed by atoms with Crippen LogP contribution in [0.25, 0.3) is 0 Å². The van der Waals surface area contributed by atoms with Gasteiger partial charge in [-0.05, 0) is 12.8 Å². The number of hydrogen-bond acceptors (Lipinski definition) is 3. The standard InChI is InChI=1S/C8H16N2O2/c1-12-6-8(11)10-4-2-3-7(9)5-10/h7H,2-6,9H2,1H3/t7-/m1/s1. The number of nitrogens with two attached hydrogens (primary N) is 1. The first-order valence-corrected chi connectivity index (χ1v) is 4.26. The molecule has 1 aliphatic rings. The Kier molecular flexibility index (Phi) is 3.49. The lowest BCUT2D eigenvalue weighted by Crippen LogP contribution is -2.46. The van der Waals surface area contributed by atoms with Gasteiger partial charge in [0.05, 0.1) is 0 Å². The summed E-state index contributed by atoms with van der Waals surface area (Å²) in [4.78, 5) is 13.1. The van der Waals surface area contributed by atoms with Crippen molar-refractivity contribution in [1.82, 2.24) is 4.90 Å². The number of amides is 1. The molecule has 1 rings (SSSR count). The molecule has 1 aliphatic heterocycles. The van der Waals surface area contributed by atoms with Crippen LogP contribution in [0, 0.1) is 0 Å². The van der Waals surface area contributed by atoms with E-state index in [4.69, 9.17) is 10.5 Å². The number of nitrogens with zero attached hydrogens (tertiary/aromatic N) is 1. The van der Waals surface area contributed by atoms with Gasteiger partial charge in [0.1, 0.15) is 6.61 Å². The molecular weight excluding hydrogens is 156 g/mol. The highest BCUT2D eigenvalue weighted by atomic mass is 16.5. The molecule has 1 saturated heterocycles. The van der Waals surface area contributed by atoms with E-state index in [0.29, 0.717) is 6.54 Å². The Labute approximate surface area is 72.7 Å². The van der Waals surface area contributed by atoms with Gasteiger partial charge < -0.3 is 15.4 Å². The quantitative estimate of drug-likeness (QED) is 0.615. The molecule has 70 valence electrons. The fourth-order valence-corrected chi connectivity index (χ4v) is 1.45. The van der Waals surface area contributed by atoms with E-state index in [0.717, 1.165) is 19.4 Å². The zero-order chi connectivity index (χ0) is 8.97. The third-order valence-electron chi connectivity index (χ3n) is 2.08. The van der Waals surface area contributed by atoms with E-state index in [9.17, 15) is 4.79 Å². The van der Waals surface area contributed by atoms with Gasteiger partial charge in [-0.1, -0.05) is 0 Å². The second-order valence-electron chi connectivity index (χ2n) is 3.18. The first-order valence-electron chi connectivity index (χ1n) is 4.26. The Hall–Kier alpha value is -0.610. The second-order valence-corrected chi connectivity index (χ2v) is 3.18. The third kappa shape index (κ3) is 2.46. The first-order chi connectivity index (χ1) is 5.74. The third-order valence-corrected chi connectivity index (χ3v) is 2.08. The summed E-state index contributed by atoms with van der Waals surface area (Å²) in [5.74, 6) is 0.0488. The topological polar surface area (TPSA) is 55.6 Å². The SMILES string of the molecule is COCC(=O)N1CCC[C@@H](N)C1. The van der Waals surface area contributed by atoms with Gasteiger partial charge in [-0.2, -0.15) is 0 Å². The molecule has 0 aromatic carbocycles. The molecule has 0 spiro atoms. The van der Waals surface area contributed by atoms with E-state index < -0.39 is 0 Å². The van der Waals surface area contributed by atoms with Crippen molar-refractivity contribution < 1.29 is 9.53 Å². The zero-order valence-corrected chi connectivity index (χ0v) is 7.45. The molecule has 0 aromatic rings. The summed E-state index contributed by atoms with van der Waals surface area (Å²) >= 11 is 0. The van der Waals surface area contributed by atoms with Crippen LogP contribution in [0.3, 0.4) is 0 Å². The van der Waals surface area contributed by atoms with Gasteiger partial charge in [-0.25, -0.2) is 0 Å². The first kappa shape index (κ1) is 9.48.